The standard InChI is InChI=1S/C6H9NO6S.K/c8-5(1-2-6(9)10)7-3-4-14(11,12)13;/h1-2H,3-4H2,(H,7,8)(H,9,10)(H,11,12,13);/q;+1/p-1/b2-1+;. The van der Waals surface area contributed by atoms with Gasteiger partial charge >= 0.3 is 57.4 Å². The minimum Gasteiger partial charge on any atom is -0.859 e. The van der Waals surface area contributed by atoms with E-state index in [0.29, 0.717) is 12.2 Å². The quantitative estimate of drug-likeness (QED) is 0.168. The molecule has 0 atom stereocenters. The normalized spacial score (nSPS) is 12.5. The van der Waals surface area contributed by atoms with Gasteiger partial charge in [0.1, 0.15) is 0 Å². The summed E-state index contributed by atoms with van der Waals surface area (Å²) in [5.41, 5.74) is 0. The van der Waals surface area contributed by atoms with Crippen LogP contribution in [0, 0.1) is 0 Å². The fourth-order valence-corrected chi connectivity index (χ4v) is 0.788. The van der Waals surface area contributed by atoms with Crippen LogP contribution in [0.15, 0.2) is 17.1 Å². The van der Waals surface area contributed by atoms with Gasteiger partial charge in [-0.2, -0.15) is 8.42 Å². The van der Waals surface area contributed by atoms with Crippen LogP contribution in [0.3, 0.4) is 0 Å². The molecule has 0 spiro atoms. The third-order valence-electron chi connectivity index (χ3n) is 0.985. The van der Waals surface area contributed by atoms with Crippen molar-refractivity contribution < 1.29 is 79.4 Å². The minimum atomic E-state index is -4.14. The molecule has 0 aliphatic heterocycles. The Bertz CT molecular complexity index is 360. The van der Waals surface area contributed by atoms with Gasteiger partial charge < -0.3 is 10.2 Å². The molecule has 0 fully saturated rings. The molecule has 0 aromatic carbocycles. The van der Waals surface area contributed by atoms with Crippen molar-refractivity contribution in [1.82, 2.24) is 0 Å². The van der Waals surface area contributed by atoms with E-state index in [4.69, 9.17) is 9.66 Å². The maximum Gasteiger partial charge on any atom is 1.00 e. The number of carbonyl (C=O) groups is 1. The number of carboxylic acid groups (broad SMARTS) is 1. The first-order chi connectivity index (χ1) is 6.31. The summed E-state index contributed by atoms with van der Waals surface area (Å²) in [6.07, 6.45) is 1.27. The fourth-order valence-electron chi connectivity index (χ4n) is 0.466. The number of hydrogen-bond acceptors (Lipinski definition) is 5. The van der Waals surface area contributed by atoms with Gasteiger partial charge in [0.2, 0.25) is 0 Å². The summed E-state index contributed by atoms with van der Waals surface area (Å²) in [6.45, 7) is -0.401. The molecule has 0 aromatic heterocycles. The molecule has 80 valence electrons. The molecule has 0 aromatic rings. The van der Waals surface area contributed by atoms with Gasteiger partial charge in [-0.05, 0) is 12.0 Å². The number of aliphatic carboxylic acids is 1. The zero-order valence-corrected chi connectivity index (χ0v) is 11.9. The molecular formula is C6H8KNO6S. The molecule has 2 N–H and O–H groups in total. The zero-order valence-electron chi connectivity index (χ0n) is 7.95. The molecular weight excluding hydrogens is 253 g/mol. The van der Waals surface area contributed by atoms with Crippen LogP contribution in [0.25, 0.3) is 0 Å². The molecule has 0 heterocycles. The van der Waals surface area contributed by atoms with Gasteiger partial charge in [0.05, 0.1) is 12.3 Å². The number of aliphatic imine (C=N–C) groups is 1. The van der Waals surface area contributed by atoms with Crippen LogP contribution in [0.4, 0.5) is 0 Å². The van der Waals surface area contributed by atoms with Crippen LogP contribution < -0.4 is 56.5 Å². The van der Waals surface area contributed by atoms with Crippen molar-refractivity contribution in [3.05, 3.63) is 12.2 Å². The van der Waals surface area contributed by atoms with E-state index in [-0.39, 0.29) is 51.4 Å². The van der Waals surface area contributed by atoms with Crippen molar-refractivity contribution in [2.75, 3.05) is 12.3 Å². The Morgan fingerprint density at radius 1 is 1.40 bits per heavy atom. The molecule has 15 heavy (non-hydrogen) atoms. The molecule has 0 amide bonds. The summed E-state index contributed by atoms with van der Waals surface area (Å²) in [7, 11) is -4.14. The predicted octanol–water partition coefficient (Wildman–Crippen LogP) is -4.72. The first-order valence-corrected chi connectivity index (χ1v) is 5.00. The summed E-state index contributed by atoms with van der Waals surface area (Å²) < 4.78 is 28.5. The summed E-state index contributed by atoms with van der Waals surface area (Å²) in [5.74, 6) is -2.83. The van der Waals surface area contributed by atoms with E-state index >= 15 is 0 Å². The van der Waals surface area contributed by atoms with Crippen LogP contribution >= 0.6 is 0 Å². The van der Waals surface area contributed by atoms with Crippen LogP contribution in [-0.4, -0.2) is 42.2 Å². The van der Waals surface area contributed by atoms with Crippen molar-refractivity contribution in [3.63, 3.8) is 0 Å². The van der Waals surface area contributed by atoms with Crippen LogP contribution in [-0.2, 0) is 14.9 Å². The second-order valence-corrected chi connectivity index (χ2v) is 3.75. The zero-order chi connectivity index (χ0) is 11.2. The molecule has 0 unspecified atom stereocenters. The molecule has 0 aliphatic rings. The van der Waals surface area contributed by atoms with Gasteiger partial charge in [0.25, 0.3) is 10.1 Å². The Balaban J connectivity index is 0. The first-order valence-electron chi connectivity index (χ1n) is 3.39. The number of hydrogen-bond donors (Lipinski definition) is 2. The summed E-state index contributed by atoms with van der Waals surface area (Å²) in [6, 6.07) is 0. The largest absolute Gasteiger partial charge is 1.00 e. The van der Waals surface area contributed by atoms with Crippen LogP contribution in [0.5, 0.6) is 0 Å². The van der Waals surface area contributed by atoms with Crippen LogP contribution in [0.1, 0.15) is 0 Å². The van der Waals surface area contributed by atoms with E-state index in [9.17, 15) is 18.3 Å². The third-order valence-corrected chi connectivity index (χ3v) is 1.68. The fraction of sp³-hybridized carbons (Fsp3) is 0.333. The van der Waals surface area contributed by atoms with Crippen molar-refractivity contribution in [1.29, 1.82) is 0 Å². The van der Waals surface area contributed by atoms with E-state index < -0.39 is 34.3 Å². The molecule has 7 nitrogen and oxygen atoms in total. The van der Waals surface area contributed by atoms with E-state index in [0.717, 1.165) is 0 Å². The molecule has 0 aliphatic carbocycles. The third kappa shape index (κ3) is 14.2. The Hall–Kier alpha value is 0.226. The molecule has 0 radical (unpaired) electrons. The van der Waals surface area contributed by atoms with Crippen LogP contribution in [0.2, 0.25) is 0 Å². The number of nitrogens with zero attached hydrogens (tertiary/aromatic N) is 1. The van der Waals surface area contributed by atoms with E-state index in [2.05, 4.69) is 4.99 Å². The Morgan fingerprint density at radius 3 is 2.33 bits per heavy atom. The molecule has 9 heteroatoms. The summed E-state index contributed by atoms with van der Waals surface area (Å²) >= 11 is 0. The number of carboxylic acids is 1. The second kappa shape index (κ2) is 8.39. The monoisotopic (exact) mass is 261 g/mol. The van der Waals surface area contributed by atoms with E-state index in [1.165, 1.54) is 0 Å². The van der Waals surface area contributed by atoms with Gasteiger partial charge in [-0.3, -0.25) is 9.55 Å². The van der Waals surface area contributed by atoms with Gasteiger partial charge in [-0.1, -0.05) is 0 Å². The summed E-state index contributed by atoms with van der Waals surface area (Å²) in [5, 5.41) is 18.7. The van der Waals surface area contributed by atoms with Gasteiger partial charge in [-0.25, -0.2) is 4.79 Å². The average molecular weight is 261 g/mol. The summed E-state index contributed by atoms with van der Waals surface area (Å²) in [4.78, 5) is 13.1. The van der Waals surface area contributed by atoms with Gasteiger partial charge in [-0.15, -0.1) is 0 Å². The smallest absolute Gasteiger partial charge is 0.859 e. The predicted molar refractivity (Wildman–Crippen MR) is 45.5 cm³/mol. The maximum absolute atomic E-state index is 10.6. The maximum atomic E-state index is 10.6. The van der Waals surface area contributed by atoms with Gasteiger partial charge in [0.15, 0.2) is 0 Å². The van der Waals surface area contributed by atoms with Crippen molar-refractivity contribution in [3.8, 4) is 0 Å². The number of rotatable bonds is 5. The average Bonchev–Trinajstić information content (AvgIpc) is 1.98. The van der Waals surface area contributed by atoms with Gasteiger partial charge in [0, 0.05) is 6.08 Å². The molecule has 0 bridgehead atoms. The van der Waals surface area contributed by atoms with Crippen molar-refractivity contribution in [2.45, 2.75) is 0 Å². The Labute approximate surface area is 129 Å². The minimum absolute atomic E-state index is 0. The second-order valence-electron chi connectivity index (χ2n) is 2.18. The van der Waals surface area contributed by atoms with E-state index in [1.54, 1.807) is 0 Å². The van der Waals surface area contributed by atoms with Crippen molar-refractivity contribution in [2.24, 2.45) is 4.99 Å². The Kier molecular flexibility index (Phi) is 9.85. The Morgan fingerprint density at radius 2 is 1.93 bits per heavy atom. The van der Waals surface area contributed by atoms with Crippen molar-refractivity contribution >= 4 is 22.0 Å². The molecule has 0 saturated heterocycles. The topological polar surface area (TPSA) is 127 Å². The SMILES string of the molecule is O=C(O)/C=C/C([O-])=NCCS(=O)(=O)O.[K+]. The molecule has 0 rings (SSSR count). The first kappa shape index (κ1) is 17.6. The molecule has 0 saturated carbocycles. The van der Waals surface area contributed by atoms with E-state index in [1.807, 2.05) is 0 Å².